The zero-order valence-corrected chi connectivity index (χ0v) is 19.1. The molecule has 1 aromatic carbocycles. The Balaban J connectivity index is 0.00000261. The van der Waals surface area contributed by atoms with Crippen LogP contribution in [0, 0.1) is 0 Å². The van der Waals surface area contributed by atoms with Gasteiger partial charge in [-0.15, -0.1) is 35.3 Å². The molecule has 0 aliphatic heterocycles. The molecule has 1 atom stereocenters. The highest BCUT2D eigenvalue weighted by Gasteiger charge is 2.36. The average molecular weight is 500 g/mol. The number of guanidine groups is 1. The van der Waals surface area contributed by atoms with Crippen LogP contribution in [0.2, 0.25) is 0 Å². The smallest absolute Gasteiger partial charge is 0.191 e. The van der Waals surface area contributed by atoms with Crippen molar-refractivity contribution in [2.24, 2.45) is 4.99 Å². The van der Waals surface area contributed by atoms with Crippen molar-refractivity contribution in [3.63, 3.8) is 0 Å². The molecule has 0 bridgehead atoms. The van der Waals surface area contributed by atoms with Crippen LogP contribution in [0.3, 0.4) is 0 Å². The number of aliphatic hydroxyl groups is 1. The lowest BCUT2D eigenvalue weighted by atomic mass is 9.96. The summed E-state index contributed by atoms with van der Waals surface area (Å²) in [7, 11) is 0. The number of nitrogens with zero attached hydrogens (tertiary/aromatic N) is 2. The van der Waals surface area contributed by atoms with Gasteiger partial charge in [0.15, 0.2) is 5.96 Å². The molecule has 148 valence electrons. The topological polar surface area (TPSA) is 69.5 Å². The van der Waals surface area contributed by atoms with E-state index in [9.17, 15) is 5.11 Å². The SMILES string of the molecule is CCNC(=NCC1(O)CCc2ccccc21)NCCc1ncc(CC)s1.I. The highest BCUT2D eigenvalue weighted by atomic mass is 127. The minimum Gasteiger partial charge on any atom is -0.383 e. The third-order valence-corrected chi connectivity index (χ3v) is 5.95. The van der Waals surface area contributed by atoms with E-state index in [0.717, 1.165) is 55.3 Å². The second kappa shape index (κ2) is 10.4. The van der Waals surface area contributed by atoms with Crippen LogP contribution in [0.15, 0.2) is 35.5 Å². The number of nitrogens with one attached hydrogen (secondary N) is 2. The van der Waals surface area contributed by atoms with Crippen LogP contribution < -0.4 is 10.6 Å². The van der Waals surface area contributed by atoms with Crippen molar-refractivity contribution >= 4 is 41.3 Å². The van der Waals surface area contributed by atoms with E-state index < -0.39 is 5.60 Å². The van der Waals surface area contributed by atoms with E-state index in [1.54, 1.807) is 11.3 Å². The van der Waals surface area contributed by atoms with Gasteiger partial charge in [0.2, 0.25) is 0 Å². The van der Waals surface area contributed by atoms with Crippen LogP contribution in [0.25, 0.3) is 0 Å². The predicted octanol–water partition coefficient (Wildman–Crippen LogP) is 3.26. The van der Waals surface area contributed by atoms with Crippen molar-refractivity contribution in [2.75, 3.05) is 19.6 Å². The Bertz CT molecular complexity index is 764. The Labute approximate surface area is 182 Å². The molecule has 1 aliphatic rings. The van der Waals surface area contributed by atoms with E-state index in [1.165, 1.54) is 10.4 Å². The molecular formula is C20H29IN4OS. The number of benzene rings is 1. The molecule has 1 heterocycles. The molecule has 1 aliphatic carbocycles. The highest BCUT2D eigenvalue weighted by Crippen LogP contribution is 2.36. The highest BCUT2D eigenvalue weighted by molar-refractivity contribution is 14.0. The van der Waals surface area contributed by atoms with E-state index in [1.807, 2.05) is 31.3 Å². The van der Waals surface area contributed by atoms with E-state index >= 15 is 0 Å². The number of thiazole rings is 1. The monoisotopic (exact) mass is 500 g/mol. The molecule has 1 aromatic heterocycles. The fourth-order valence-corrected chi connectivity index (χ4v) is 4.16. The Morgan fingerprint density at radius 3 is 2.85 bits per heavy atom. The quantitative estimate of drug-likeness (QED) is 0.310. The van der Waals surface area contributed by atoms with Gasteiger partial charge in [0.05, 0.1) is 11.6 Å². The zero-order chi connectivity index (χ0) is 18.4. The van der Waals surface area contributed by atoms with Gasteiger partial charge in [-0.3, -0.25) is 0 Å². The minimum absolute atomic E-state index is 0. The molecule has 0 radical (unpaired) electrons. The molecule has 1 unspecified atom stereocenters. The number of aromatic nitrogens is 1. The molecule has 2 aromatic rings. The summed E-state index contributed by atoms with van der Waals surface area (Å²) in [4.78, 5) is 10.4. The minimum atomic E-state index is -0.857. The molecule has 3 rings (SSSR count). The fraction of sp³-hybridized carbons (Fsp3) is 0.500. The normalized spacial score (nSPS) is 18.7. The van der Waals surface area contributed by atoms with E-state index in [4.69, 9.17) is 0 Å². The van der Waals surface area contributed by atoms with Gasteiger partial charge in [-0.05, 0) is 37.3 Å². The van der Waals surface area contributed by atoms with E-state index in [-0.39, 0.29) is 24.0 Å². The number of fused-ring (bicyclic) bond motifs is 1. The lowest BCUT2D eigenvalue weighted by Gasteiger charge is -2.22. The summed E-state index contributed by atoms with van der Waals surface area (Å²) in [6.45, 7) is 6.13. The van der Waals surface area contributed by atoms with Gasteiger partial charge >= 0.3 is 0 Å². The van der Waals surface area contributed by atoms with Gasteiger partial charge in [0.1, 0.15) is 5.60 Å². The maximum Gasteiger partial charge on any atom is 0.191 e. The Kier molecular flexibility index (Phi) is 8.50. The maximum atomic E-state index is 11.0. The number of aliphatic imine (C=N–C) groups is 1. The van der Waals surface area contributed by atoms with Crippen LogP contribution in [0.5, 0.6) is 0 Å². The molecule has 0 fully saturated rings. The van der Waals surface area contributed by atoms with Gasteiger partial charge in [-0.1, -0.05) is 31.2 Å². The number of hydrogen-bond acceptors (Lipinski definition) is 4. The number of halogens is 1. The second-order valence-electron chi connectivity index (χ2n) is 6.63. The lowest BCUT2D eigenvalue weighted by Crippen LogP contribution is -2.39. The largest absolute Gasteiger partial charge is 0.383 e. The molecule has 7 heteroatoms. The Hall–Kier alpha value is -1.19. The van der Waals surface area contributed by atoms with Gasteiger partial charge in [-0.25, -0.2) is 9.98 Å². The standard InChI is InChI=1S/C20H28N4OS.HI/c1-3-16-13-23-18(26-16)10-12-22-19(21-4-2)24-14-20(25)11-9-15-7-5-6-8-17(15)20;/h5-8,13,25H,3-4,9-12,14H2,1-2H3,(H2,21,22,24);1H. The van der Waals surface area contributed by atoms with E-state index in [0.29, 0.717) is 6.54 Å². The fourth-order valence-electron chi connectivity index (χ4n) is 3.30. The number of rotatable bonds is 7. The summed E-state index contributed by atoms with van der Waals surface area (Å²) in [5.74, 6) is 0.748. The number of aryl methyl sites for hydroxylation is 2. The third kappa shape index (κ3) is 5.65. The summed E-state index contributed by atoms with van der Waals surface area (Å²) in [6, 6.07) is 8.13. The summed E-state index contributed by atoms with van der Waals surface area (Å²) in [6.07, 6.45) is 5.52. The van der Waals surface area contributed by atoms with Gasteiger partial charge in [0, 0.05) is 30.6 Å². The molecule has 0 spiro atoms. The van der Waals surface area contributed by atoms with Crippen molar-refractivity contribution in [2.45, 2.75) is 45.1 Å². The second-order valence-corrected chi connectivity index (χ2v) is 7.83. The van der Waals surface area contributed by atoms with Crippen LogP contribution in [-0.4, -0.2) is 35.7 Å². The van der Waals surface area contributed by atoms with Crippen molar-refractivity contribution in [3.05, 3.63) is 51.5 Å². The molecule has 27 heavy (non-hydrogen) atoms. The first-order valence-electron chi connectivity index (χ1n) is 9.41. The molecule has 0 saturated carbocycles. The maximum absolute atomic E-state index is 11.0. The van der Waals surface area contributed by atoms with Crippen molar-refractivity contribution in [1.82, 2.24) is 15.6 Å². The van der Waals surface area contributed by atoms with Crippen molar-refractivity contribution in [1.29, 1.82) is 0 Å². The zero-order valence-electron chi connectivity index (χ0n) is 16.0. The predicted molar refractivity (Wildman–Crippen MR) is 123 cm³/mol. The molecule has 0 amide bonds. The molecule has 3 N–H and O–H groups in total. The first-order chi connectivity index (χ1) is 12.6. The van der Waals surface area contributed by atoms with Crippen molar-refractivity contribution < 1.29 is 5.11 Å². The van der Waals surface area contributed by atoms with Crippen LogP contribution in [0.1, 0.15) is 41.3 Å². The first kappa shape index (κ1) is 22.1. The van der Waals surface area contributed by atoms with Gasteiger partial charge < -0.3 is 15.7 Å². The summed E-state index contributed by atoms with van der Waals surface area (Å²) in [5.41, 5.74) is 1.40. The van der Waals surface area contributed by atoms with E-state index in [2.05, 4.69) is 33.6 Å². The van der Waals surface area contributed by atoms with Crippen molar-refractivity contribution in [3.8, 4) is 0 Å². The van der Waals surface area contributed by atoms with Crippen LogP contribution in [0.4, 0.5) is 0 Å². The van der Waals surface area contributed by atoms with Gasteiger partial charge in [0.25, 0.3) is 0 Å². The molecule has 0 saturated heterocycles. The molecular weight excluding hydrogens is 471 g/mol. The van der Waals surface area contributed by atoms with Crippen LogP contribution in [-0.2, 0) is 24.9 Å². The summed E-state index contributed by atoms with van der Waals surface area (Å²) < 4.78 is 0. The summed E-state index contributed by atoms with van der Waals surface area (Å²) >= 11 is 1.77. The Morgan fingerprint density at radius 1 is 1.30 bits per heavy atom. The lowest BCUT2D eigenvalue weighted by molar-refractivity contribution is 0.0485. The Morgan fingerprint density at radius 2 is 2.11 bits per heavy atom. The summed E-state index contributed by atoms with van der Waals surface area (Å²) in [5, 5.41) is 18.8. The first-order valence-corrected chi connectivity index (χ1v) is 10.2. The molecule has 5 nitrogen and oxygen atoms in total. The van der Waals surface area contributed by atoms with Crippen LogP contribution >= 0.6 is 35.3 Å². The number of hydrogen-bond donors (Lipinski definition) is 3. The average Bonchev–Trinajstić information content (AvgIpc) is 3.25. The third-order valence-electron chi connectivity index (χ3n) is 4.75. The van der Waals surface area contributed by atoms with Gasteiger partial charge in [-0.2, -0.15) is 0 Å².